The Morgan fingerprint density at radius 1 is 1.25 bits per heavy atom. The fraction of sp³-hybridized carbons (Fsp3) is 0.591. The van der Waals surface area contributed by atoms with E-state index >= 15 is 0 Å². The summed E-state index contributed by atoms with van der Waals surface area (Å²) in [6, 6.07) is 7.86. The molecule has 2 aliphatic heterocycles. The first kappa shape index (κ1) is 26.0. The van der Waals surface area contributed by atoms with E-state index in [1.807, 2.05) is 38.1 Å². The number of amides is 2. The Morgan fingerprint density at radius 3 is 2.72 bits per heavy atom. The van der Waals surface area contributed by atoms with Crippen LogP contribution < -0.4 is 20.3 Å². The monoisotopic (exact) mass is 559 g/mol. The zero-order valence-corrected chi connectivity index (χ0v) is 21.2. The van der Waals surface area contributed by atoms with Gasteiger partial charge in [-0.15, -0.1) is 24.0 Å². The highest BCUT2D eigenvalue weighted by atomic mass is 127. The number of nitrogens with one attached hydrogen (secondary N) is 2. The normalized spacial score (nSPS) is 16.6. The third-order valence-electron chi connectivity index (χ3n) is 5.32. The highest BCUT2D eigenvalue weighted by Gasteiger charge is 2.25. The number of guanidine groups is 1. The zero-order chi connectivity index (χ0) is 22.1. The molecule has 2 N–H and O–H groups in total. The van der Waals surface area contributed by atoms with Gasteiger partial charge in [-0.05, 0) is 45.2 Å². The minimum Gasteiger partial charge on any atom is -0.482 e. The number of benzene rings is 1. The highest BCUT2D eigenvalue weighted by molar-refractivity contribution is 14.0. The lowest BCUT2D eigenvalue weighted by molar-refractivity contribution is -0.121. The van der Waals surface area contributed by atoms with Gasteiger partial charge in [0.25, 0.3) is 5.91 Å². The van der Waals surface area contributed by atoms with E-state index in [2.05, 4.69) is 15.6 Å². The lowest BCUT2D eigenvalue weighted by Crippen LogP contribution is -2.50. The number of para-hydroxylation sites is 2. The molecule has 1 aromatic rings. The molecule has 32 heavy (non-hydrogen) atoms. The molecule has 1 aromatic carbocycles. The van der Waals surface area contributed by atoms with Crippen LogP contribution in [-0.4, -0.2) is 74.8 Å². The van der Waals surface area contributed by atoms with Gasteiger partial charge in [-0.3, -0.25) is 9.79 Å². The number of rotatable bonds is 7. The van der Waals surface area contributed by atoms with Gasteiger partial charge in [-0.25, -0.2) is 4.79 Å². The molecule has 178 valence electrons. The summed E-state index contributed by atoms with van der Waals surface area (Å²) < 4.78 is 10.6. The molecule has 0 spiro atoms. The molecule has 0 bridgehead atoms. The number of piperidine rings is 1. The van der Waals surface area contributed by atoms with Crippen LogP contribution in [0.3, 0.4) is 0 Å². The lowest BCUT2D eigenvalue weighted by atomic mass is 10.1. The number of likely N-dealkylation sites (tertiary alicyclic amines) is 1. The number of anilines is 1. The first-order valence-electron chi connectivity index (χ1n) is 11.1. The molecule has 1 fully saturated rings. The van der Waals surface area contributed by atoms with E-state index in [0.29, 0.717) is 32.8 Å². The summed E-state index contributed by atoms with van der Waals surface area (Å²) >= 11 is 0. The van der Waals surface area contributed by atoms with Crippen LogP contribution in [0, 0.1) is 0 Å². The largest absolute Gasteiger partial charge is 0.482 e. The molecule has 0 unspecified atom stereocenters. The van der Waals surface area contributed by atoms with E-state index in [4.69, 9.17) is 9.47 Å². The van der Waals surface area contributed by atoms with Gasteiger partial charge in [0.2, 0.25) is 0 Å². The molecule has 2 aliphatic rings. The number of hydrogen-bond donors (Lipinski definition) is 2. The van der Waals surface area contributed by atoms with Crippen LogP contribution in [0.5, 0.6) is 5.75 Å². The van der Waals surface area contributed by atoms with E-state index in [1.54, 1.807) is 9.80 Å². The maximum atomic E-state index is 12.3. The van der Waals surface area contributed by atoms with Gasteiger partial charge in [0.15, 0.2) is 12.6 Å². The fourth-order valence-electron chi connectivity index (χ4n) is 3.75. The number of fused-ring (bicyclic) bond motifs is 1. The lowest BCUT2D eigenvalue weighted by Gasteiger charge is -2.32. The number of hydrogen-bond acceptors (Lipinski definition) is 5. The second kappa shape index (κ2) is 13.3. The molecule has 2 heterocycles. The number of aliphatic imine (C=N–C) groups is 1. The minimum atomic E-state index is -0.235. The van der Waals surface area contributed by atoms with Crippen LogP contribution in [0.4, 0.5) is 10.5 Å². The Balaban J connectivity index is 0.00000363. The second-order valence-electron chi connectivity index (χ2n) is 7.52. The predicted octanol–water partition coefficient (Wildman–Crippen LogP) is 2.60. The topological polar surface area (TPSA) is 95.5 Å². The zero-order valence-electron chi connectivity index (χ0n) is 18.8. The van der Waals surface area contributed by atoms with Gasteiger partial charge in [0.1, 0.15) is 5.75 Å². The van der Waals surface area contributed by atoms with E-state index in [0.717, 1.165) is 43.2 Å². The van der Waals surface area contributed by atoms with Crippen LogP contribution in [0.25, 0.3) is 0 Å². The van der Waals surface area contributed by atoms with Gasteiger partial charge in [-0.1, -0.05) is 12.1 Å². The van der Waals surface area contributed by atoms with Crippen LogP contribution >= 0.6 is 24.0 Å². The molecule has 3 rings (SSSR count). The Hall–Kier alpha value is -2.24. The number of ether oxygens (including phenoxy) is 2. The number of carbonyl (C=O) groups excluding carboxylic acids is 2. The van der Waals surface area contributed by atoms with Crippen molar-refractivity contribution in [1.82, 2.24) is 15.5 Å². The van der Waals surface area contributed by atoms with Crippen molar-refractivity contribution in [3.8, 4) is 5.75 Å². The minimum absolute atomic E-state index is 0. The molecule has 0 atom stereocenters. The summed E-state index contributed by atoms with van der Waals surface area (Å²) in [4.78, 5) is 32.3. The molecular formula is C22H34IN5O4. The molecule has 0 aliphatic carbocycles. The van der Waals surface area contributed by atoms with Gasteiger partial charge < -0.3 is 29.9 Å². The summed E-state index contributed by atoms with van der Waals surface area (Å²) in [6.45, 7) is 7.64. The molecule has 2 amide bonds. The third-order valence-corrected chi connectivity index (χ3v) is 5.32. The van der Waals surface area contributed by atoms with Gasteiger partial charge in [-0.2, -0.15) is 0 Å². The molecule has 0 saturated carbocycles. The first-order chi connectivity index (χ1) is 15.1. The predicted molar refractivity (Wildman–Crippen MR) is 135 cm³/mol. The fourth-order valence-corrected chi connectivity index (χ4v) is 3.75. The molecule has 9 nitrogen and oxygen atoms in total. The molecule has 1 saturated heterocycles. The standard InChI is InChI=1S/C22H33N5O4.HI/c1-3-23-21(25-17-10-14-26(15-11-17)22(29)30-4-2)24-12-7-13-27-18-8-5-6-9-19(18)31-16-20(27)28;/h5-6,8-9,17H,3-4,7,10-16H2,1-2H3,(H2,23,24,25);1H. The first-order valence-corrected chi connectivity index (χ1v) is 11.1. The summed E-state index contributed by atoms with van der Waals surface area (Å²) in [7, 11) is 0. The Kier molecular flexibility index (Phi) is 10.8. The summed E-state index contributed by atoms with van der Waals surface area (Å²) in [5.41, 5.74) is 0.820. The molecule has 10 heteroatoms. The van der Waals surface area contributed by atoms with Crippen LogP contribution in [0.1, 0.15) is 33.1 Å². The van der Waals surface area contributed by atoms with Crippen molar-refractivity contribution in [2.45, 2.75) is 39.2 Å². The van der Waals surface area contributed by atoms with Gasteiger partial charge in [0, 0.05) is 38.8 Å². The van der Waals surface area contributed by atoms with E-state index < -0.39 is 0 Å². The maximum Gasteiger partial charge on any atom is 0.409 e. The molecular weight excluding hydrogens is 525 g/mol. The van der Waals surface area contributed by atoms with Crippen LogP contribution in [0.2, 0.25) is 0 Å². The molecule has 0 aromatic heterocycles. The second-order valence-corrected chi connectivity index (χ2v) is 7.52. The van der Waals surface area contributed by atoms with E-state index in [-0.39, 0.29) is 48.6 Å². The number of nitrogens with zero attached hydrogens (tertiary/aromatic N) is 3. The van der Waals surface area contributed by atoms with Crippen molar-refractivity contribution in [1.29, 1.82) is 0 Å². The number of carbonyl (C=O) groups is 2. The quantitative estimate of drug-likeness (QED) is 0.231. The van der Waals surface area contributed by atoms with Gasteiger partial charge >= 0.3 is 6.09 Å². The number of halogens is 1. The summed E-state index contributed by atoms with van der Waals surface area (Å²) in [5.74, 6) is 1.49. The van der Waals surface area contributed by atoms with Crippen molar-refractivity contribution in [2.24, 2.45) is 4.99 Å². The van der Waals surface area contributed by atoms with Crippen molar-refractivity contribution < 1.29 is 19.1 Å². The average Bonchev–Trinajstić information content (AvgIpc) is 2.78. The van der Waals surface area contributed by atoms with Crippen molar-refractivity contribution in [3.05, 3.63) is 24.3 Å². The highest BCUT2D eigenvalue weighted by Crippen LogP contribution is 2.31. The average molecular weight is 559 g/mol. The third kappa shape index (κ3) is 7.14. The SMILES string of the molecule is CCNC(=NCCCN1C(=O)COc2ccccc21)NC1CCN(C(=O)OCC)CC1.I. The van der Waals surface area contributed by atoms with Gasteiger partial charge in [0.05, 0.1) is 12.3 Å². The van der Waals surface area contributed by atoms with E-state index in [9.17, 15) is 9.59 Å². The Labute approximate surface area is 206 Å². The maximum absolute atomic E-state index is 12.3. The van der Waals surface area contributed by atoms with Crippen molar-refractivity contribution >= 4 is 47.6 Å². The summed E-state index contributed by atoms with van der Waals surface area (Å²) in [6.07, 6.45) is 2.21. The van der Waals surface area contributed by atoms with Crippen molar-refractivity contribution in [3.63, 3.8) is 0 Å². The van der Waals surface area contributed by atoms with Crippen LogP contribution in [0.15, 0.2) is 29.3 Å². The van der Waals surface area contributed by atoms with E-state index in [1.165, 1.54) is 0 Å². The Bertz CT molecular complexity index is 783. The smallest absolute Gasteiger partial charge is 0.409 e. The summed E-state index contributed by atoms with van der Waals surface area (Å²) in [5, 5.41) is 6.75. The molecule has 0 radical (unpaired) electrons. The Morgan fingerprint density at radius 2 is 2.00 bits per heavy atom. The van der Waals surface area contributed by atoms with Crippen molar-refractivity contribution in [2.75, 3.05) is 50.8 Å². The van der Waals surface area contributed by atoms with Crippen LogP contribution in [-0.2, 0) is 9.53 Å².